The average molecular weight is 618 g/mol. The predicted octanol–water partition coefficient (Wildman–Crippen LogP) is 5.73. The van der Waals surface area contributed by atoms with Gasteiger partial charge in [0.05, 0.1) is 5.41 Å². The van der Waals surface area contributed by atoms with Crippen LogP contribution in [0.3, 0.4) is 0 Å². The van der Waals surface area contributed by atoms with Crippen LogP contribution in [-0.2, 0) is 32.0 Å². The Hall–Kier alpha value is -3.16. The summed E-state index contributed by atoms with van der Waals surface area (Å²) in [4.78, 5) is 42.5. The molecule has 0 bridgehead atoms. The monoisotopic (exact) mass is 617 g/mol. The van der Waals surface area contributed by atoms with Crippen molar-refractivity contribution in [3.8, 4) is 5.75 Å². The SMILES string of the molecule is Cc1c(C)c(OC(=O)CN=C(N)N)c(C)c2c1CC(C)(C(=O)OC1CCC3C4CCC5=CC(=O)CCC5(C)C4CCC13C)CC2. The summed E-state index contributed by atoms with van der Waals surface area (Å²) in [6.45, 7) is 12.6. The first-order valence-electron chi connectivity index (χ1n) is 17.0. The molecule has 6 rings (SSSR count). The zero-order chi connectivity index (χ0) is 32.5. The topological polar surface area (TPSA) is 134 Å². The molecular weight excluding hydrogens is 566 g/mol. The number of benzene rings is 1. The number of rotatable bonds is 5. The molecule has 45 heavy (non-hydrogen) atoms. The number of ether oxygens (including phenoxy) is 2. The second-order valence-electron chi connectivity index (χ2n) is 15.6. The van der Waals surface area contributed by atoms with Gasteiger partial charge < -0.3 is 20.9 Å². The second kappa shape index (κ2) is 11.3. The summed E-state index contributed by atoms with van der Waals surface area (Å²) in [6, 6.07) is 0. The van der Waals surface area contributed by atoms with E-state index in [1.165, 1.54) is 11.1 Å². The highest BCUT2D eigenvalue weighted by molar-refractivity contribution is 5.91. The summed E-state index contributed by atoms with van der Waals surface area (Å²) in [6.07, 6.45) is 12.1. The Balaban J connectivity index is 1.17. The molecule has 5 aliphatic carbocycles. The zero-order valence-electron chi connectivity index (χ0n) is 28.0. The lowest BCUT2D eigenvalue weighted by Crippen LogP contribution is -2.52. The van der Waals surface area contributed by atoms with E-state index in [9.17, 15) is 14.4 Å². The maximum Gasteiger partial charge on any atom is 0.333 e. The van der Waals surface area contributed by atoms with Gasteiger partial charge in [-0.1, -0.05) is 19.4 Å². The highest BCUT2D eigenvalue weighted by Crippen LogP contribution is 2.65. The Morgan fingerprint density at radius 1 is 0.889 bits per heavy atom. The van der Waals surface area contributed by atoms with E-state index in [1.807, 2.05) is 26.8 Å². The van der Waals surface area contributed by atoms with Gasteiger partial charge in [0, 0.05) is 11.8 Å². The van der Waals surface area contributed by atoms with Gasteiger partial charge in [-0.05, 0) is 149 Å². The molecule has 1 aromatic rings. The van der Waals surface area contributed by atoms with Crippen LogP contribution >= 0.6 is 0 Å². The third kappa shape index (κ3) is 5.20. The number of ketones is 1. The summed E-state index contributed by atoms with van der Waals surface area (Å²) >= 11 is 0. The quantitative estimate of drug-likeness (QED) is 0.187. The molecule has 3 fully saturated rings. The number of hydrogen-bond donors (Lipinski definition) is 2. The Labute approximate surface area is 267 Å². The first-order valence-corrected chi connectivity index (χ1v) is 17.0. The van der Waals surface area contributed by atoms with Crippen LogP contribution in [0.25, 0.3) is 0 Å². The van der Waals surface area contributed by atoms with Gasteiger partial charge in [-0.25, -0.2) is 9.79 Å². The second-order valence-corrected chi connectivity index (χ2v) is 15.6. The lowest BCUT2D eigenvalue weighted by Gasteiger charge is -2.57. The maximum atomic E-state index is 14.1. The van der Waals surface area contributed by atoms with Crippen molar-refractivity contribution in [2.75, 3.05) is 6.54 Å². The van der Waals surface area contributed by atoms with Crippen LogP contribution in [-0.4, -0.2) is 36.3 Å². The van der Waals surface area contributed by atoms with Crippen molar-refractivity contribution in [1.29, 1.82) is 0 Å². The molecule has 0 spiro atoms. The number of fused-ring (bicyclic) bond motifs is 6. The standard InChI is InChI=1S/C37H51N3O5/c1-20-21(2)32(45-31(42)19-40-34(38)39)22(3)25-12-14-35(4,18-27(20)25)33(43)44-30-10-9-28-26-8-7-23-17-24(41)11-15-36(23,5)29(26)13-16-37(28,30)6/h17,26,28-30H,7-16,18-19H2,1-6H3,(H4,38,39,40). The van der Waals surface area contributed by atoms with Crippen LogP contribution in [0.5, 0.6) is 5.75 Å². The first kappa shape index (κ1) is 31.8. The van der Waals surface area contributed by atoms with Gasteiger partial charge >= 0.3 is 11.9 Å². The molecule has 5 aliphatic rings. The number of carbonyl (C=O) groups is 3. The third-order valence-electron chi connectivity index (χ3n) is 13.2. The van der Waals surface area contributed by atoms with Crippen LogP contribution in [0, 0.1) is 54.8 Å². The Kier molecular flexibility index (Phi) is 7.97. The van der Waals surface area contributed by atoms with Crippen molar-refractivity contribution >= 4 is 23.7 Å². The maximum absolute atomic E-state index is 14.1. The molecule has 4 N–H and O–H groups in total. The number of hydrogen-bond acceptors (Lipinski definition) is 6. The van der Waals surface area contributed by atoms with Gasteiger partial charge in [-0.3, -0.25) is 9.59 Å². The Morgan fingerprint density at radius 2 is 1.64 bits per heavy atom. The fourth-order valence-electron chi connectivity index (χ4n) is 10.3. The number of aliphatic imine (C=N–C) groups is 1. The molecule has 0 aromatic heterocycles. The van der Waals surface area contributed by atoms with Crippen LogP contribution in [0.4, 0.5) is 0 Å². The fraction of sp³-hybridized carbons (Fsp3) is 0.676. The van der Waals surface area contributed by atoms with Crippen molar-refractivity contribution < 1.29 is 23.9 Å². The van der Waals surface area contributed by atoms with Crippen molar-refractivity contribution in [2.45, 2.75) is 118 Å². The van der Waals surface area contributed by atoms with E-state index in [1.54, 1.807) is 0 Å². The van der Waals surface area contributed by atoms with E-state index < -0.39 is 11.4 Å². The molecule has 8 heteroatoms. The van der Waals surface area contributed by atoms with Gasteiger partial charge in [0.25, 0.3) is 0 Å². The largest absolute Gasteiger partial charge is 0.461 e. The van der Waals surface area contributed by atoms with Crippen molar-refractivity contribution in [2.24, 2.45) is 50.5 Å². The summed E-state index contributed by atoms with van der Waals surface area (Å²) in [5, 5.41) is 0. The van der Waals surface area contributed by atoms with Crippen LogP contribution in [0.1, 0.15) is 106 Å². The lowest BCUT2D eigenvalue weighted by molar-refractivity contribution is -0.171. The molecular formula is C37H51N3O5. The molecule has 0 radical (unpaired) electrons. The van der Waals surface area contributed by atoms with Gasteiger partial charge in [0.15, 0.2) is 11.7 Å². The fourth-order valence-corrected chi connectivity index (χ4v) is 10.3. The number of esters is 2. The molecule has 3 saturated carbocycles. The molecule has 0 saturated heterocycles. The summed E-state index contributed by atoms with van der Waals surface area (Å²) < 4.78 is 12.3. The average Bonchev–Trinajstić information content (AvgIpc) is 3.33. The van der Waals surface area contributed by atoms with E-state index in [-0.39, 0.29) is 35.4 Å². The molecule has 0 aliphatic heterocycles. The molecule has 7 atom stereocenters. The van der Waals surface area contributed by atoms with E-state index >= 15 is 0 Å². The number of allylic oxidation sites excluding steroid dienone is 1. The number of carbonyl (C=O) groups excluding carboxylic acids is 3. The number of nitrogens with zero attached hydrogens (tertiary/aromatic N) is 1. The Morgan fingerprint density at radius 3 is 2.38 bits per heavy atom. The van der Waals surface area contributed by atoms with E-state index in [0.717, 1.165) is 73.6 Å². The van der Waals surface area contributed by atoms with Crippen molar-refractivity contribution in [3.63, 3.8) is 0 Å². The van der Waals surface area contributed by atoms with Gasteiger partial charge in [-0.15, -0.1) is 0 Å². The number of nitrogens with two attached hydrogens (primary N) is 2. The van der Waals surface area contributed by atoms with Crippen molar-refractivity contribution in [1.82, 2.24) is 0 Å². The Bertz CT molecular complexity index is 1510. The van der Waals surface area contributed by atoms with Gasteiger partial charge in [0.1, 0.15) is 18.4 Å². The van der Waals surface area contributed by atoms with Crippen molar-refractivity contribution in [3.05, 3.63) is 39.5 Å². The minimum atomic E-state index is -0.611. The van der Waals surface area contributed by atoms with Gasteiger partial charge in [0.2, 0.25) is 0 Å². The van der Waals surface area contributed by atoms with Crippen LogP contribution in [0.15, 0.2) is 16.6 Å². The minimum absolute atomic E-state index is 0.00229. The minimum Gasteiger partial charge on any atom is -0.461 e. The van der Waals surface area contributed by atoms with Crippen LogP contribution < -0.4 is 16.2 Å². The first-order chi connectivity index (χ1) is 21.2. The zero-order valence-corrected chi connectivity index (χ0v) is 28.0. The smallest absolute Gasteiger partial charge is 0.333 e. The molecule has 0 heterocycles. The van der Waals surface area contributed by atoms with E-state index in [4.69, 9.17) is 20.9 Å². The molecule has 8 nitrogen and oxygen atoms in total. The predicted molar refractivity (Wildman–Crippen MR) is 174 cm³/mol. The summed E-state index contributed by atoms with van der Waals surface area (Å²) in [5.74, 6) is 1.95. The molecule has 7 unspecified atom stereocenters. The highest BCUT2D eigenvalue weighted by Gasteiger charge is 2.60. The lowest BCUT2D eigenvalue weighted by atomic mass is 9.47. The van der Waals surface area contributed by atoms with E-state index in [2.05, 4.69) is 25.8 Å². The normalized spacial score (nSPS) is 35.2. The number of guanidine groups is 1. The van der Waals surface area contributed by atoms with Gasteiger partial charge in [-0.2, -0.15) is 0 Å². The summed E-state index contributed by atoms with van der Waals surface area (Å²) in [5.41, 5.74) is 16.9. The third-order valence-corrected chi connectivity index (χ3v) is 13.2. The highest BCUT2D eigenvalue weighted by atomic mass is 16.5. The molecule has 244 valence electrons. The molecule has 1 aromatic carbocycles. The van der Waals surface area contributed by atoms with E-state index in [0.29, 0.717) is 48.5 Å². The molecule has 0 amide bonds. The van der Waals surface area contributed by atoms with Crippen LogP contribution in [0.2, 0.25) is 0 Å². The summed E-state index contributed by atoms with van der Waals surface area (Å²) in [7, 11) is 0.